The van der Waals surface area contributed by atoms with Crippen LogP contribution in [-0.2, 0) is 11.4 Å². The maximum atomic E-state index is 13.8. The summed E-state index contributed by atoms with van der Waals surface area (Å²) in [5.74, 6) is 4.04. The number of nitrogens with one attached hydrogen (secondary N) is 2. The Kier molecular flexibility index (Phi) is 14.2. The largest absolute Gasteiger partial charge is 0.598 e. The molecule has 4 fully saturated rings. The standard InChI is InChI=1S/C44H62Cl2N14OS3/c1-42(2,3)64(61)56-31-23-27(24-44(31)15-21-59(22-16-44)32-25-51-40(36(48)54-32)62-28-10-17-49-38(34(28)45)57(4)5)53-37-41(63-29-11-18-50-39(35(29)46)58(6)7)52-26-33(55-37)60-19-13-43(14-20-60)12-8-9-30(43)47/h10-11,17-18,25-27,30-31,56H,8-9,12-16,19-24,47H2,1-7H3,(H2,48,54)(H,53,55)/t27?,30-,31-,64?/m1/s1. The first-order valence-corrected chi connectivity index (χ1v) is 25.7. The van der Waals surface area contributed by atoms with E-state index < -0.39 is 16.1 Å². The number of piperidine rings is 2. The molecule has 2 aliphatic heterocycles. The molecule has 346 valence electrons. The Morgan fingerprint density at radius 1 is 0.797 bits per heavy atom. The van der Waals surface area contributed by atoms with Crippen molar-refractivity contribution < 1.29 is 4.55 Å². The lowest BCUT2D eigenvalue weighted by Crippen LogP contribution is -2.53. The number of nitrogens with two attached hydrogens (primary N) is 2. The topological polar surface area (TPSA) is 189 Å². The molecule has 2 unspecified atom stereocenters. The normalized spacial score (nSPS) is 22.3. The number of nitrogens with zero attached hydrogens (tertiary/aromatic N) is 10. The maximum absolute atomic E-state index is 13.8. The van der Waals surface area contributed by atoms with Gasteiger partial charge in [0.05, 0.1) is 28.5 Å². The SMILES string of the molecule is CN(C)c1nccc(Sc2ncc(N3CCC4(CC3)CC(Nc3nc(N5CCC6(CCC[C@H]6N)CC5)cnc3Sc3ccnc(N(C)C)c3Cl)C[C@H]4N[S+]([O-])C(C)(C)C)nc2N)c1Cl. The summed E-state index contributed by atoms with van der Waals surface area (Å²) in [5, 5.41) is 6.35. The molecule has 8 rings (SSSR count). The smallest absolute Gasteiger partial charge is 0.161 e. The molecule has 64 heavy (non-hydrogen) atoms. The lowest BCUT2D eigenvalue weighted by Gasteiger charge is -2.44. The third-order valence-electron chi connectivity index (χ3n) is 13.6. The minimum absolute atomic E-state index is 0.00209. The Morgan fingerprint density at radius 3 is 1.84 bits per heavy atom. The summed E-state index contributed by atoms with van der Waals surface area (Å²) in [6.45, 7) is 9.36. The third-order valence-corrected chi connectivity index (χ3v) is 18.3. The maximum Gasteiger partial charge on any atom is 0.161 e. The predicted molar refractivity (Wildman–Crippen MR) is 265 cm³/mol. The molecule has 2 aliphatic carbocycles. The molecule has 15 nitrogen and oxygen atoms in total. The van der Waals surface area contributed by atoms with Gasteiger partial charge < -0.3 is 40.9 Å². The van der Waals surface area contributed by atoms with Crippen molar-refractivity contribution >= 4 is 93.0 Å². The molecule has 4 aliphatic rings. The van der Waals surface area contributed by atoms with Gasteiger partial charge in [0.25, 0.3) is 0 Å². The van der Waals surface area contributed by atoms with Gasteiger partial charge in [-0.25, -0.2) is 29.9 Å². The van der Waals surface area contributed by atoms with Crippen molar-refractivity contribution in [2.75, 3.05) is 85.0 Å². The molecule has 4 aromatic heterocycles. The number of nitrogen functional groups attached to an aromatic ring is 1. The van der Waals surface area contributed by atoms with Crippen LogP contribution in [0.5, 0.6) is 0 Å². The van der Waals surface area contributed by atoms with Crippen molar-refractivity contribution in [3.63, 3.8) is 0 Å². The first-order chi connectivity index (χ1) is 30.4. The summed E-state index contributed by atoms with van der Waals surface area (Å²) < 4.78 is 17.0. The molecule has 4 atom stereocenters. The van der Waals surface area contributed by atoms with Crippen molar-refractivity contribution in [2.45, 2.75) is 121 Å². The number of rotatable bonds is 12. The third kappa shape index (κ3) is 9.90. The zero-order valence-corrected chi connectivity index (χ0v) is 41.9. The van der Waals surface area contributed by atoms with Gasteiger partial charge in [0.2, 0.25) is 0 Å². The van der Waals surface area contributed by atoms with E-state index in [-0.39, 0.29) is 29.0 Å². The summed E-state index contributed by atoms with van der Waals surface area (Å²) in [4.78, 5) is 39.0. The predicted octanol–water partition coefficient (Wildman–Crippen LogP) is 7.76. The van der Waals surface area contributed by atoms with E-state index in [9.17, 15) is 4.55 Å². The van der Waals surface area contributed by atoms with E-state index in [0.717, 1.165) is 103 Å². The minimum atomic E-state index is -1.26. The lowest BCUT2D eigenvalue weighted by atomic mass is 9.74. The molecule has 20 heteroatoms. The van der Waals surface area contributed by atoms with Crippen LogP contribution in [0.3, 0.4) is 0 Å². The first kappa shape index (κ1) is 47.3. The van der Waals surface area contributed by atoms with Crippen LogP contribution in [0.2, 0.25) is 10.0 Å². The molecule has 2 spiro atoms. The van der Waals surface area contributed by atoms with E-state index >= 15 is 0 Å². The van der Waals surface area contributed by atoms with Crippen molar-refractivity contribution in [3.05, 3.63) is 47.0 Å². The molecule has 0 aromatic carbocycles. The Morgan fingerprint density at radius 2 is 1.33 bits per heavy atom. The molecule has 4 aromatic rings. The van der Waals surface area contributed by atoms with Crippen LogP contribution in [0.25, 0.3) is 0 Å². The zero-order valence-electron chi connectivity index (χ0n) is 37.9. The molecule has 0 radical (unpaired) electrons. The fraction of sp³-hybridized carbons (Fsp3) is 0.591. The van der Waals surface area contributed by atoms with Gasteiger partial charge in [0.1, 0.15) is 38.1 Å². The van der Waals surface area contributed by atoms with Gasteiger partial charge in [0.15, 0.2) is 11.6 Å². The van der Waals surface area contributed by atoms with Gasteiger partial charge >= 0.3 is 0 Å². The second-order valence-electron chi connectivity index (χ2n) is 19.2. The summed E-state index contributed by atoms with van der Waals surface area (Å²) in [5.41, 5.74) is 13.3. The fourth-order valence-corrected chi connectivity index (χ4v) is 13.2. The van der Waals surface area contributed by atoms with Gasteiger partial charge in [-0.15, -0.1) is 4.72 Å². The first-order valence-electron chi connectivity index (χ1n) is 22.1. The van der Waals surface area contributed by atoms with Gasteiger partial charge in [0, 0.05) is 100.0 Å². The Bertz CT molecular complexity index is 2290. The Hall–Kier alpha value is -3.23. The van der Waals surface area contributed by atoms with Crippen molar-refractivity contribution in [2.24, 2.45) is 16.6 Å². The van der Waals surface area contributed by atoms with E-state index in [1.807, 2.05) is 77.1 Å². The number of anilines is 6. The van der Waals surface area contributed by atoms with E-state index in [1.165, 1.54) is 36.4 Å². The number of hydrogen-bond acceptors (Lipinski definition) is 17. The molecular formula is C44H62Cl2N14OS3. The van der Waals surface area contributed by atoms with Crippen LogP contribution >= 0.6 is 46.7 Å². The Balaban J connectivity index is 1.03. The van der Waals surface area contributed by atoms with Crippen LogP contribution < -0.4 is 41.1 Å². The average Bonchev–Trinajstić information content (AvgIpc) is 3.77. The van der Waals surface area contributed by atoms with Crippen LogP contribution in [0.1, 0.15) is 78.6 Å². The quantitative estimate of drug-likeness (QED) is 0.101. The van der Waals surface area contributed by atoms with Crippen LogP contribution in [0, 0.1) is 10.8 Å². The van der Waals surface area contributed by atoms with Gasteiger partial charge in [-0.05, 0) is 95.1 Å². The molecular weight excluding hydrogens is 908 g/mol. The van der Waals surface area contributed by atoms with E-state index in [2.05, 4.69) is 29.8 Å². The molecule has 0 amide bonds. The van der Waals surface area contributed by atoms with Crippen molar-refractivity contribution in [1.82, 2.24) is 34.6 Å². The molecule has 2 saturated heterocycles. The zero-order chi connectivity index (χ0) is 45.6. The lowest BCUT2D eigenvalue weighted by molar-refractivity contribution is 0.185. The van der Waals surface area contributed by atoms with E-state index in [4.69, 9.17) is 54.6 Å². The van der Waals surface area contributed by atoms with Gasteiger partial charge in [-0.2, -0.15) is 0 Å². The fourth-order valence-electron chi connectivity index (χ4n) is 9.86. The highest BCUT2D eigenvalue weighted by Crippen LogP contribution is 2.50. The van der Waals surface area contributed by atoms with E-state index in [1.54, 1.807) is 18.6 Å². The molecule has 0 bridgehead atoms. The molecule has 6 N–H and O–H groups in total. The second kappa shape index (κ2) is 19.2. The molecule has 6 heterocycles. The average molecular weight is 970 g/mol. The van der Waals surface area contributed by atoms with Crippen molar-refractivity contribution in [3.8, 4) is 0 Å². The Labute approximate surface area is 399 Å². The minimum Gasteiger partial charge on any atom is -0.598 e. The number of hydrogen-bond donors (Lipinski definition) is 4. The van der Waals surface area contributed by atoms with Crippen LogP contribution in [0.15, 0.2) is 56.8 Å². The summed E-state index contributed by atoms with van der Waals surface area (Å²) in [6.07, 6.45) is 16.3. The van der Waals surface area contributed by atoms with Crippen LogP contribution in [0.4, 0.5) is 34.9 Å². The van der Waals surface area contributed by atoms with Gasteiger partial charge in [-0.1, -0.05) is 53.1 Å². The summed E-state index contributed by atoms with van der Waals surface area (Å²) in [7, 11) is 7.68. The highest BCUT2D eigenvalue weighted by molar-refractivity contribution is 7.99. The van der Waals surface area contributed by atoms with Crippen LogP contribution in [-0.4, -0.2) is 112 Å². The van der Waals surface area contributed by atoms with Gasteiger partial charge in [-0.3, -0.25) is 0 Å². The number of halogens is 2. The van der Waals surface area contributed by atoms with E-state index in [0.29, 0.717) is 32.5 Å². The highest BCUT2D eigenvalue weighted by atomic mass is 35.5. The second-order valence-corrected chi connectivity index (χ2v) is 24.0. The highest BCUT2D eigenvalue weighted by Gasteiger charge is 2.52. The number of pyridine rings is 2. The molecule has 2 saturated carbocycles. The van der Waals surface area contributed by atoms with Crippen molar-refractivity contribution in [1.29, 1.82) is 0 Å². The number of aromatic nitrogens is 6. The summed E-state index contributed by atoms with van der Waals surface area (Å²) >= 11 is 15.3. The summed E-state index contributed by atoms with van der Waals surface area (Å²) in [6, 6.07) is 4.09. The monoisotopic (exact) mass is 968 g/mol.